The van der Waals surface area contributed by atoms with E-state index in [9.17, 15) is 0 Å². The average molecular weight is 252 g/mol. The smallest absolute Gasteiger partial charge is 0.00107 e. The van der Waals surface area contributed by atoms with Crippen molar-refractivity contribution >= 4 is 0 Å². The van der Waals surface area contributed by atoms with E-state index < -0.39 is 0 Å². The molecule has 0 aromatic heterocycles. The molecule has 0 unspecified atom stereocenters. The SMILES string of the molecule is CC(C)(C)CC[C@H]1CCN(CC2CCNCC2)C1. The molecular formula is C16H32N2. The highest BCUT2D eigenvalue weighted by Gasteiger charge is 2.26. The van der Waals surface area contributed by atoms with E-state index in [1.54, 1.807) is 0 Å². The molecule has 0 amide bonds. The Kier molecular flexibility index (Phi) is 5.08. The molecule has 0 aromatic carbocycles. The number of likely N-dealkylation sites (tertiary alicyclic amines) is 1. The van der Waals surface area contributed by atoms with Gasteiger partial charge in [0.2, 0.25) is 0 Å². The highest BCUT2D eigenvalue weighted by Crippen LogP contribution is 2.29. The van der Waals surface area contributed by atoms with Crippen LogP contribution < -0.4 is 5.32 Å². The number of rotatable bonds is 4. The van der Waals surface area contributed by atoms with E-state index in [0.717, 1.165) is 11.8 Å². The largest absolute Gasteiger partial charge is 0.317 e. The van der Waals surface area contributed by atoms with Crippen LogP contribution in [0.4, 0.5) is 0 Å². The minimum Gasteiger partial charge on any atom is -0.317 e. The van der Waals surface area contributed by atoms with E-state index in [4.69, 9.17) is 0 Å². The predicted octanol–water partition coefficient (Wildman–Crippen LogP) is 3.13. The van der Waals surface area contributed by atoms with Crippen molar-refractivity contribution in [2.75, 3.05) is 32.7 Å². The Labute approximate surface area is 114 Å². The van der Waals surface area contributed by atoms with Gasteiger partial charge in [-0.25, -0.2) is 0 Å². The molecule has 0 bridgehead atoms. The molecule has 2 fully saturated rings. The maximum atomic E-state index is 3.47. The van der Waals surface area contributed by atoms with Gasteiger partial charge in [-0.1, -0.05) is 20.8 Å². The quantitative estimate of drug-likeness (QED) is 0.827. The number of piperidine rings is 1. The first-order chi connectivity index (χ1) is 8.53. The lowest BCUT2D eigenvalue weighted by molar-refractivity contribution is 0.229. The van der Waals surface area contributed by atoms with Gasteiger partial charge in [0, 0.05) is 13.1 Å². The topological polar surface area (TPSA) is 15.3 Å². The van der Waals surface area contributed by atoms with Crippen LogP contribution >= 0.6 is 0 Å². The number of nitrogens with zero attached hydrogens (tertiary/aromatic N) is 1. The first-order valence-corrected chi connectivity index (χ1v) is 7.96. The van der Waals surface area contributed by atoms with Crippen molar-refractivity contribution in [1.29, 1.82) is 0 Å². The molecule has 18 heavy (non-hydrogen) atoms. The van der Waals surface area contributed by atoms with Crippen LogP contribution in [0.1, 0.15) is 52.9 Å². The summed E-state index contributed by atoms with van der Waals surface area (Å²) in [5.74, 6) is 1.94. The van der Waals surface area contributed by atoms with Gasteiger partial charge >= 0.3 is 0 Å². The van der Waals surface area contributed by atoms with Gasteiger partial charge in [-0.3, -0.25) is 0 Å². The predicted molar refractivity (Wildman–Crippen MR) is 78.8 cm³/mol. The van der Waals surface area contributed by atoms with Gasteiger partial charge in [0.15, 0.2) is 0 Å². The molecule has 0 spiro atoms. The Bertz CT molecular complexity index is 238. The lowest BCUT2D eigenvalue weighted by Crippen LogP contribution is -2.35. The van der Waals surface area contributed by atoms with E-state index in [1.165, 1.54) is 64.8 Å². The zero-order chi connectivity index (χ0) is 13.0. The van der Waals surface area contributed by atoms with Crippen molar-refractivity contribution in [3.63, 3.8) is 0 Å². The summed E-state index contributed by atoms with van der Waals surface area (Å²) in [5.41, 5.74) is 0.516. The molecule has 0 radical (unpaired) electrons. The van der Waals surface area contributed by atoms with Gasteiger partial charge in [0.05, 0.1) is 0 Å². The van der Waals surface area contributed by atoms with Gasteiger partial charge in [-0.15, -0.1) is 0 Å². The second-order valence-electron chi connectivity index (χ2n) is 7.71. The fourth-order valence-electron chi connectivity index (χ4n) is 3.38. The molecule has 2 heterocycles. The standard InChI is InChI=1S/C16H32N2/c1-16(2,3)8-4-14-7-11-18(12-14)13-15-5-9-17-10-6-15/h14-15,17H,4-13H2,1-3H3/t14-/m0/s1. The van der Waals surface area contributed by atoms with Gasteiger partial charge < -0.3 is 10.2 Å². The van der Waals surface area contributed by atoms with Crippen LogP contribution in [0.25, 0.3) is 0 Å². The molecule has 2 saturated heterocycles. The zero-order valence-corrected chi connectivity index (χ0v) is 12.7. The molecule has 2 aliphatic heterocycles. The van der Waals surface area contributed by atoms with Crippen molar-refractivity contribution in [1.82, 2.24) is 10.2 Å². The molecule has 2 rings (SSSR count). The summed E-state index contributed by atoms with van der Waals surface area (Å²) >= 11 is 0. The molecule has 0 saturated carbocycles. The van der Waals surface area contributed by atoms with Crippen LogP contribution in [-0.4, -0.2) is 37.6 Å². The summed E-state index contributed by atoms with van der Waals surface area (Å²) in [7, 11) is 0. The monoisotopic (exact) mass is 252 g/mol. The molecular weight excluding hydrogens is 220 g/mol. The van der Waals surface area contributed by atoms with Crippen LogP contribution in [0.3, 0.4) is 0 Å². The minimum absolute atomic E-state index is 0.516. The Morgan fingerprint density at radius 1 is 1.06 bits per heavy atom. The summed E-state index contributed by atoms with van der Waals surface area (Å²) in [6, 6.07) is 0. The van der Waals surface area contributed by atoms with Crippen molar-refractivity contribution in [2.24, 2.45) is 17.3 Å². The van der Waals surface area contributed by atoms with Gasteiger partial charge in [0.1, 0.15) is 0 Å². The molecule has 2 heteroatoms. The van der Waals surface area contributed by atoms with Gasteiger partial charge in [-0.2, -0.15) is 0 Å². The Morgan fingerprint density at radius 2 is 1.78 bits per heavy atom. The average Bonchev–Trinajstić information content (AvgIpc) is 2.75. The molecule has 0 aliphatic carbocycles. The highest BCUT2D eigenvalue weighted by molar-refractivity contribution is 4.80. The third-order valence-corrected chi connectivity index (χ3v) is 4.65. The maximum absolute atomic E-state index is 3.47. The van der Waals surface area contributed by atoms with Gasteiger partial charge in [0.25, 0.3) is 0 Å². The van der Waals surface area contributed by atoms with Crippen molar-refractivity contribution in [3.8, 4) is 0 Å². The maximum Gasteiger partial charge on any atom is 0.00107 e. The third-order valence-electron chi connectivity index (χ3n) is 4.65. The Balaban J connectivity index is 1.65. The molecule has 2 aliphatic rings. The van der Waals surface area contributed by atoms with Crippen LogP contribution in [0.2, 0.25) is 0 Å². The normalized spacial score (nSPS) is 27.8. The first kappa shape index (κ1) is 14.3. The second kappa shape index (κ2) is 6.38. The summed E-state index contributed by atoms with van der Waals surface area (Å²) in [4.78, 5) is 2.74. The summed E-state index contributed by atoms with van der Waals surface area (Å²) in [6.45, 7) is 13.7. The second-order valence-corrected chi connectivity index (χ2v) is 7.71. The van der Waals surface area contributed by atoms with E-state index in [-0.39, 0.29) is 0 Å². The van der Waals surface area contributed by atoms with Crippen molar-refractivity contribution < 1.29 is 0 Å². The Hall–Kier alpha value is -0.0800. The third kappa shape index (κ3) is 4.89. The fourth-order valence-corrected chi connectivity index (χ4v) is 3.38. The minimum atomic E-state index is 0.516. The summed E-state index contributed by atoms with van der Waals surface area (Å²) < 4.78 is 0. The fraction of sp³-hybridized carbons (Fsp3) is 1.00. The zero-order valence-electron chi connectivity index (χ0n) is 12.7. The van der Waals surface area contributed by atoms with Crippen molar-refractivity contribution in [2.45, 2.75) is 52.9 Å². The molecule has 2 nitrogen and oxygen atoms in total. The summed E-state index contributed by atoms with van der Waals surface area (Å²) in [6.07, 6.45) is 7.05. The van der Waals surface area contributed by atoms with E-state index >= 15 is 0 Å². The van der Waals surface area contributed by atoms with E-state index in [0.29, 0.717) is 5.41 Å². The molecule has 0 aromatic rings. The Morgan fingerprint density at radius 3 is 2.44 bits per heavy atom. The lowest BCUT2D eigenvalue weighted by Gasteiger charge is -2.27. The first-order valence-electron chi connectivity index (χ1n) is 7.96. The highest BCUT2D eigenvalue weighted by atomic mass is 15.1. The summed E-state index contributed by atoms with van der Waals surface area (Å²) in [5, 5.41) is 3.47. The number of hydrogen-bond donors (Lipinski definition) is 1. The van der Waals surface area contributed by atoms with Crippen LogP contribution in [0.15, 0.2) is 0 Å². The molecule has 106 valence electrons. The lowest BCUT2D eigenvalue weighted by atomic mass is 9.86. The van der Waals surface area contributed by atoms with Crippen molar-refractivity contribution in [3.05, 3.63) is 0 Å². The van der Waals surface area contributed by atoms with E-state index in [1.807, 2.05) is 0 Å². The number of nitrogens with one attached hydrogen (secondary N) is 1. The van der Waals surface area contributed by atoms with Gasteiger partial charge in [-0.05, 0) is 69.0 Å². The van der Waals surface area contributed by atoms with Crippen LogP contribution in [0.5, 0.6) is 0 Å². The molecule has 1 N–H and O–H groups in total. The number of hydrogen-bond acceptors (Lipinski definition) is 2. The molecule has 1 atom stereocenters. The van der Waals surface area contributed by atoms with E-state index in [2.05, 4.69) is 31.0 Å². The van der Waals surface area contributed by atoms with Crippen LogP contribution in [0, 0.1) is 17.3 Å². The van der Waals surface area contributed by atoms with Crippen LogP contribution in [-0.2, 0) is 0 Å².